The number of aromatic amines is 1. The van der Waals surface area contributed by atoms with E-state index >= 15 is 0 Å². The summed E-state index contributed by atoms with van der Waals surface area (Å²) in [5.41, 5.74) is 5.93. The highest BCUT2D eigenvalue weighted by atomic mass is 35.5. The van der Waals surface area contributed by atoms with E-state index in [1.165, 1.54) is 18.2 Å². The Kier molecular flexibility index (Phi) is 3.33. The SMILES string of the molecule is N#Cc1ccc(NS(=O)(=O)c2cn[nH]c2N)c(Cl)c1. The molecule has 0 aliphatic carbocycles. The Balaban J connectivity index is 2.37. The molecule has 0 fully saturated rings. The topological polar surface area (TPSA) is 125 Å². The lowest BCUT2D eigenvalue weighted by atomic mass is 10.2. The zero-order valence-electron chi connectivity index (χ0n) is 9.38. The third-order valence-corrected chi connectivity index (χ3v) is 3.97. The zero-order valence-corrected chi connectivity index (χ0v) is 11.0. The predicted octanol–water partition coefficient (Wildman–Crippen LogP) is 1.32. The molecule has 2 aromatic rings. The Labute approximate surface area is 114 Å². The van der Waals surface area contributed by atoms with E-state index < -0.39 is 10.0 Å². The van der Waals surface area contributed by atoms with E-state index in [1.807, 2.05) is 6.07 Å². The van der Waals surface area contributed by atoms with Crippen LogP contribution in [0, 0.1) is 11.3 Å². The standard InChI is InChI=1S/C10H8ClN5O2S/c11-7-3-6(4-12)1-2-8(7)16-19(17,18)9-5-14-15-10(9)13/h1-3,5,16H,(H3,13,14,15). The van der Waals surface area contributed by atoms with Gasteiger partial charge < -0.3 is 5.73 Å². The average molecular weight is 298 g/mol. The number of aromatic nitrogens is 2. The van der Waals surface area contributed by atoms with Gasteiger partial charge in [-0.2, -0.15) is 10.4 Å². The van der Waals surface area contributed by atoms with E-state index in [0.717, 1.165) is 6.20 Å². The lowest BCUT2D eigenvalue weighted by Crippen LogP contribution is -2.14. The van der Waals surface area contributed by atoms with E-state index in [9.17, 15) is 8.42 Å². The first-order chi connectivity index (χ1) is 8.94. The molecule has 1 aromatic carbocycles. The van der Waals surface area contributed by atoms with Crippen LogP contribution in [0.25, 0.3) is 0 Å². The van der Waals surface area contributed by atoms with Gasteiger partial charge in [-0.1, -0.05) is 11.6 Å². The molecular formula is C10H8ClN5O2S. The fourth-order valence-electron chi connectivity index (χ4n) is 1.37. The Bertz CT molecular complexity index is 762. The summed E-state index contributed by atoms with van der Waals surface area (Å²) in [6.07, 6.45) is 1.09. The Morgan fingerprint density at radius 2 is 2.21 bits per heavy atom. The van der Waals surface area contributed by atoms with E-state index in [-0.39, 0.29) is 21.4 Å². The summed E-state index contributed by atoms with van der Waals surface area (Å²) in [4.78, 5) is -0.173. The minimum atomic E-state index is -3.88. The number of nitriles is 1. The lowest BCUT2D eigenvalue weighted by Gasteiger charge is -2.08. The molecule has 0 aliphatic rings. The Morgan fingerprint density at radius 1 is 1.47 bits per heavy atom. The molecule has 0 radical (unpaired) electrons. The number of rotatable bonds is 3. The van der Waals surface area contributed by atoms with Crippen molar-refractivity contribution in [3.05, 3.63) is 35.0 Å². The van der Waals surface area contributed by atoms with Crippen LogP contribution in [0.2, 0.25) is 5.02 Å². The molecular weight excluding hydrogens is 290 g/mol. The second-order valence-electron chi connectivity index (χ2n) is 3.56. The number of nitrogens with two attached hydrogens (primary N) is 1. The number of benzene rings is 1. The molecule has 9 heteroatoms. The number of nitrogen functional groups attached to an aromatic ring is 1. The first kappa shape index (κ1) is 13.2. The smallest absolute Gasteiger partial charge is 0.267 e. The first-order valence-electron chi connectivity index (χ1n) is 4.95. The summed E-state index contributed by atoms with van der Waals surface area (Å²) in [7, 11) is -3.88. The van der Waals surface area contributed by atoms with Crippen LogP contribution >= 0.6 is 11.6 Å². The molecule has 0 aliphatic heterocycles. The van der Waals surface area contributed by atoms with Crippen molar-refractivity contribution in [3.63, 3.8) is 0 Å². The number of halogens is 1. The molecule has 0 amide bonds. The summed E-state index contributed by atoms with van der Waals surface area (Å²) in [5.74, 6) is -0.0720. The fourth-order valence-corrected chi connectivity index (χ4v) is 2.75. The second-order valence-corrected chi connectivity index (χ2v) is 5.62. The monoisotopic (exact) mass is 297 g/mol. The van der Waals surface area contributed by atoms with Crippen LogP contribution in [-0.4, -0.2) is 18.6 Å². The highest BCUT2D eigenvalue weighted by Gasteiger charge is 2.20. The van der Waals surface area contributed by atoms with Gasteiger partial charge >= 0.3 is 0 Å². The molecule has 4 N–H and O–H groups in total. The molecule has 1 heterocycles. The number of nitrogens with zero attached hydrogens (tertiary/aromatic N) is 2. The average Bonchev–Trinajstić information content (AvgIpc) is 2.79. The molecule has 0 spiro atoms. The summed E-state index contributed by atoms with van der Waals surface area (Å²) in [6, 6.07) is 6.10. The number of sulfonamides is 1. The van der Waals surface area contributed by atoms with E-state index in [4.69, 9.17) is 22.6 Å². The van der Waals surface area contributed by atoms with Crippen molar-refractivity contribution in [3.8, 4) is 6.07 Å². The number of hydrogen-bond acceptors (Lipinski definition) is 5. The van der Waals surface area contributed by atoms with Gasteiger partial charge in [0, 0.05) is 0 Å². The minimum absolute atomic E-state index is 0.0720. The number of H-pyrrole nitrogens is 1. The quantitative estimate of drug-likeness (QED) is 0.788. The summed E-state index contributed by atoms with van der Waals surface area (Å²) >= 11 is 5.88. The fraction of sp³-hybridized carbons (Fsp3) is 0. The number of anilines is 2. The van der Waals surface area contributed by atoms with Crippen LogP contribution in [-0.2, 0) is 10.0 Å². The van der Waals surface area contributed by atoms with Gasteiger partial charge in [-0.05, 0) is 18.2 Å². The molecule has 2 rings (SSSR count). The molecule has 0 bridgehead atoms. The van der Waals surface area contributed by atoms with Crippen LogP contribution in [0.3, 0.4) is 0 Å². The van der Waals surface area contributed by atoms with E-state index in [2.05, 4.69) is 14.9 Å². The van der Waals surface area contributed by atoms with Crippen LogP contribution in [0.5, 0.6) is 0 Å². The molecule has 98 valence electrons. The lowest BCUT2D eigenvalue weighted by molar-refractivity contribution is 0.601. The second kappa shape index (κ2) is 4.79. The third-order valence-electron chi connectivity index (χ3n) is 2.26. The molecule has 1 aromatic heterocycles. The van der Waals surface area contributed by atoms with Crippen LogP contribution in [0.1, 0.15) is 5.56 Å². The minimum Gasteiger partial charge on any atom is -0.383 e. The van der Waals surface area contributed by atoms with Crippen molar-refractivity contribution in [2.24, 2.45) is 0 Å². The van der Waals surface area contributed by atoms with Gasteiger partial charge in [-0.3, -0.25) is 9.82 Å². The van der Waals surface area contributed by atoms with Crippen LogP contribution in [0.15, 0.2) is 29.3 Å². The predicted molar refractivity (Wildman–Crippen MR) is 70.0 cm³/mol. The van der Waals surface area contributed by atoms with Crippen molar-refractivity contribution in [2.45, 2.75) is 4.90 Å². The molecule has 0 unspecified atom stereocenters. The van der Waals surface area contributed by atoms with Gasteiger partial charge in [0.05, 0.1) is 28.5 Å². The number of hydrogen-bond donors (Lipinski definition) is 3. The van der Waals surface area contributed by atoms with Gasteiger partial charge in [-0.15, -0.1) is 0 Å². The summed E-state index contributed by atoms with van der Waals surface area (Å²) in [5, 5.41) is 14.7. The van der Waals surface area contributed by atoms with E-state index in [0.29, 0.717) is 5.56 Å². The van der Waals surface area contributed by atoms with Crippen LogP contribution < -0.4 is 10.5 Å². The van der Waals surface area contributed by atoms with Gasteiger partial charge in [0.15, 0.2) is 0 Å². The zero-order chi connectivity index (χ0) is 14.0. The van der Waals surface area contributed by atoms with Crippen molar-refractivity contribution < 1.29 is 8.42 Å². The maximum absolute atomic E-state index is 12.0. The van der Waals surface area contributed by atoms with Crippen LogP contribution in [0.4, 0.5) is 11.5 Å². The van der Waals surface area contributed by atoms with Crippen molar-refractivity contribution in [1.29, 1.82) is 5.26 Å². The number of nitrogens with one attached hydrogen (secondary N) is 2. The maximum Gasteiger partial charge on any atom is 0.267 e. The van der Waals surface area contributed by atoms with E-state index in [1.54, 1.807) is 0 Å². The largest absolute Gasteiger partial charge is 0.383 e. The summed E-state index contributed by atoms with van der Waals surface area (Å²) < 4.78 is 26.3. The van der Waals surface area contributed by atoms with Gasteiger partial charge in [-0.25, -0.2) is 8.42 Å². The highest BCUT2D eigenvalue weighted by Crippen LogP contribution is 2.26. The maximum atomic E-state index is 12.0. The molecule has 19 heavy (non-hydrogen) atoms. The van der Waals surface area contributed by atoms with Crippen molar-refractivity contribution in [1.82, 2.24) is 10.2 Å². The van der Waals surface area contributed by atoms with Gasteiger partial charge in [0.1, 0.15) is 10.7 Å². The highest BCUT2D eigenvalue weighted by molar-refractivity contribution is 7.92. The molecule has 0 saturated carbocycles. The summed E-state index contributed by atoms with van der Waals surface area (Å²) in [6.45, 7) is 0. The van der Waals surface area contributed by atoms with Gasteiger partial charge in [0.2, 0.25) is 0 Å². The van der Waals surface area contributed by atoms with Crippen molar-refractivity contribution >= 4 is 33.1 Å². The normalized spacial score (nSPS) is 10.9. The third kappa shape index (κ3) is 2.62. The molecule has 0 saturated heterocycles. The first-order valence-corrected chi connectivity index (χ1v) is 6.81. The molecule has 0 atom stereocenters. The Morgan fingerprint density at radius 3 is 2.74 bits per heavy atom. The Hall–Kier alpha value is -2.24. The van der Waals surface area contributed by atoms with Crippen molar-refractivity contribution in [2.75, 3.05) is 10.5 Å². The molecule has 7 nitrogen and oxygen atoms in total. The van der Waals surface area contributed by atoms with Gasteiger partial charge in [0.25, 0.3) is 10.0 Å².